The van der Waals surface area contributed by atoms with E-state index >= 15 is 4.21 Å². The molecule has 0 amide bonds. The summed E-state index contributed by atoms with van der Waals surface area (Å²) in [7, 11) is 4.67. The van der Waals surface area contributed by atoms with Gasteiger partial charge in [-0.1, -0.05) is 12.8 Å². The van der Waals surface area contributed by atoms with Gasteiger partial charge in [0.1, 0.15) is 0 Å². The van der Waals surface area contributed by atoms with Gasteiger partial charge in [-0.05, 0) is 39.8 Å². The van der Waals surface area contributed by atoms with Crippen LogP contribution in [0.3, 0.4) is 0 Å². The van der Waals surface area contributed by atoms with E-state index in [0.29, 0.717) is 26.4 Å². The number of likely N-dealkylation sites (tertiary alicyclic amines) is 2. The Hall–Kier alpha value is 0.830. The molecule has 12 rings (SSSR count). The van der Waals surface area contributed by atoms with Crippen LogP contribution in [0.2, 0.25) is 0 Å². The quantitative estimate of drug-likeness (QED) is 0.274. The largest absolute Gasteiger partial charge is 0.379 e. The fourth-order valence-electron chi connectivity index (χ4n) is 15.9. The van der Waals surface area contributed by atoms with E-state index in [4.69, 9.17) is 9.47 Å². The lowest BCUT2D eigenvalue weighted by Gasteiger charge is -2.75. The third kappa shape index (κ3) is 10.3. The van der Waals surface area contributed by atoms with Crippen molar-refractivity contribution in [2.75, 3.05) is 258 Å². The van der Waals surface area contributed by atoms with Crippen molar-refractivity contribution in [3.05, 3.63) is 0 Å². The van der Waals surface area contributed by atoms with Crippen LogP contribution in [-0.4, -0.2) is 364 Å². The number of morpholine rings is 2. The summed E-state index contributed by atoms with van der Waals surface area (Å²) in [5, 5.41) is 7.78. The number of nitrogens with zero attached hydrogens (tertiary/aromatic N) is 14. The lowest BCUT2D eigenvalue weighted by molar-refractivity contribution is -0.276. The summed E-state index contributed by atoms with van der Waals surface area (Å²) < 4.78 is 37.9. The van der Waals surface area contributed by atoms with Crippen LogP contribution in [0.4, 0.5) is 0 Å². The van der Waals surface area contributed by atoms with Crippen molar-refractivity contribution in [2.24, 2.45) is 0 Å². The number of ether oxygens (including phenoxy) is 2. The molecule has 76 heavy (non-hydrogen) atoms. The molecule has 0 aromatic heterocycles. The second-order valence-corrected chi connectivity index (χ2v) is 29.7. The van der Waals surface area contributed by atoms with Crippen molar-refractivity contribution in [1.82, 2.24) is 78.0 Å². The summed E-state index contributed by atoms with van der Waals surface area (Å²) in [6.07, 6.45) is 7.02. The fraction of sp³-hybridized carbons (Fsp3) is 1.00. The van der Waals surface area contributed by atoms with E-state index in [1.807, 2.05) is 0 Å². The zero-order valence-electron chi connectivity index (χ0n) is 46.8. The summed E-state index contributed by atoms with van der Waals surface area (Å²) in [5.41, 5.74) is 0. The molecule has 12 aliphatic heterocycles. The highest BCUT2D eigenvalue weighted by Gasteiger charge is 2.78. The molecule has 12 heterocycles. The molecule has 19 nitrogen and oxygen atoms in total. The number of thioether (sulfide) groups is 4. The zero-order chi connectivity index (χ0) is 51.6. The summed E-state index contributed by atoms with van der Waals surface area (Å²) in [5.74, 6) is 4.82. The number of rotatable bonds is 12. The SMILES string of the molecule is CN1CCN(C2(N3CCSCC3)SCC(N3CCOCC3)N(S(=O)N3C(N4CCOCC4)CSC(N4CCSCC4)(N4CCN(C)CC4)C3(N3CCCCC3)N3CCNCC3)C2(N2CCCCC2)N2CCNCC2)CC1. The normalized spacial score (nSPS) is 40.1. The zero-order valence-corrected chi connectivity index (χ0v) is 50.9. The molecule has 12 saturated heterocycles. The van der Waals surface area contributed by atoms with Crippen LogP contribution in [-0.2, 0) is 20.6 Å². The van der Waals surface area contributed by atoms with Gasteiger partial charge in [-0.25, -0.2) is 4.21 Å². The van der Waals surface area contributed by atoms with E-state index in [-0.39, 0.29) is 12.3 Å². The Balaban J connectivity index is 1.17. The van der Waals surface area contributed by atoms with Crippen LogP contribution in [0.5, 0.6) is 0 Å². The van der Waals surface area contributed by atoms with Crippen molar-refractivity contribution >= 4 is 58.2 Å². The van der Waals surface area contributed by atoms with E-state index in [1.54, 1.807) is 0 Å². The van der Waals surface area contributed by atoms with Gasteiger partial charge in [0.05, 0.1) is 38.8 Å². The van der Waals surface area contributed by atoms with Gasteiger partial charge in [0.25, 0.3) is 0 Å². The van der Waals surface area contributed by atoms with Crippen LogP contribution < -0.4 is 10.6 Å². The molecule has 0 aliphatic carbocycles. The molecule has 6 atom stereocenters. The highest BCUT2D eigenvalue weighted by atomic mass is 32.2. The molecule has 24 heteroatoms. The Morgan fingerprint density at radius 1 is 0.395 bits per heavy atom. The first-order valence-electron chi connectivity index (χ1n) is 30.3. The van der Waals surface area contributed by atoms with Gasteiger partial charge >= 0.3 is 0 Å². The molecule has 6 unspecified atom stereocenters. The topological polar surface area (TPSA) is 105 Å². The number of piperazine rings is 4. The Morgan fingerprint density at radius 3 is 1.08 bits per heavy atom. The Kier molecular flexibility index (Phi) is 19.6. The van der Waals surface area contributed by atoms with E-state index in [1.165, 1.54) is 38.5 Å². The van der Waals surface area contributed by atoms with E-state index < -0.39 is 32.7 Å². The molecule has 0 spiro atoms. The van der Waals surface area contributed by atoms with Crippen LogP contribution in [0.1, 0.15) is 38.5 Å². The van der Waals surface area contributed by atoms with Crippen molar-refractivity contribution in [1.29, 1.82) is 0 Å². The van der Waals surface area contributed by atoms with Crippen molar-refractivity contribution in [3.8, 4) is 0 Å². The van der Waals surface area contributed by atoms with Crippen molar-refractivity contribution in [2.45, 2.75) is 72.4 Å². The maximum absolute atomic E-state index is 19.5. The van der Waals surface area contributed by atoms with Crippen LogP contribution in [0.25, 0.3) is 0 Å². The number of likely N-dealkylation sites (N-methyl/N-ethyl adjacent to an activating group) is 2. The maximum Gasteiger partial charge on any atom is 0.188 e. The van der Waals surface area contributed by atoms with Crippen molar-refractivity contribution in [3.63, 3.8) is 0 Å². The number of piperidine rings is 2. The van der Waals surface area contributed by atoms with Gasteiger partial charge in [0, 0.05) is 218 Å². The van der Waals surface area contributed by atoms with E-state index in [0.717, 1.165) is 218 Å². The highest BCUT2D eigenvalue weighted by Crippen LogP contribution is 2.60. The molecule has 0 saturated carbocycles. The first-order valence-corrected chi connectivity index (χ1v) is 35.7. The molecule has 12 aliphatic rings. The third-order valence-electron chi connectivity index (χ3n) is 19.6. The van der Waals surface area contributed by atoms with E-state index in [2.05, 4.69) is 139 Å². The lowest BCUT2D eigenvalue weighted by Crippen LogP contribution is -2.95. The Morgan fingerprint density at radius 2 is 0.724 bits per heavy atom. The van der Waals surface area contributed by atoms with Crippen molar-refractivity contribution < 1.29 is 13.7 Å². The number of hydrogen-bond donors (Lipinski definition) is 2. The monoisotopic (exact) mass is 1150 g/mol. The molecular formula is C52H98N16O3S5. The summed E-state index contributed by atoms with van der Waals surface area (Å²) in [6.45, 7) is 30.2. The minimum absolute atomic E-state index is 0.0854. The predicted molar refractivity (Wildman–Crippen MR) is 316 cm³/mol. The average molecular weight is 1160 g/mol. The molecule has 0 radical (unpaired) electrons. The van der Waals surface area contributed by atoms with E-state index in [9.17, 15) is 0 Å². The van der Waals surface area contributed by atoms with Gasteiger partial charge in [-0.3, -0.25) is 49.0 Å². The second-order valence-electron chi connectivity index (χ2n) is 23.6. The molecular weight excluding hydrogens is 1060 g/mol. The highest BCUT2D eigenvalue weighted by molar-refractivity contribution is 8.01. The number of nitrogens with one attached hydrogen (secondary N) is 2. The van der Waals surface area contributed by atoms with Gasteiger partial charge in [-0.15, -0.1) is 23.5 Å². The van der Waals surface area contributed by atoms with Gasteiger partial charge in [0.15, 0.2) is 32.7 Å². The first-order chi connectivity index (χ1) is 37.4. The predicted octanol–water partition coefficient (Wildman–Crippen LogP) is -0.0309. The van der Waals surface area contributed by atoms with Crippen LogP contribution in [0.15, 0.2) is 0 Å². The Bertz CT molecular complexity index is 1690. The number of hydrogen-bond acceptors (Lipinski definition) is 21. The third-order valence-corrected chi connectivity index (χ3v) is 26.5. The maximum atomic E-state index is 19.5. The molecule has 0 aromatic rings. The first kappa shape index (κ1) is 57.3. The smallest absolute Gasteiger partial charge is 0.188 e. The summed E-state index contributed by atoms with van der Waals surface area (Å²) >= 11 is 7.14. The van der Waals surface area contributed by atoms with Crippen LogP contribution >= 0.6 is 47.0 Å². The lowest BCUT2D eigenvalue weighted by atomic mass is 9.99. The molecule has 0 aromatic carbocycles. The summed E-state index contributed by atoms with van der Waals surface area (Å²) in [6, 6.07) is 0. The minimum atomic E-state index is -1.70. The minimum Gasteiger partial charge on any atom is -0.379 e. The molecule has 12 fully saturated rings. The van der Waals surface area contributed by atoms with Gasteiger partial charge < -0.3 is 29.9 Å². The average Bonchev–Trinajstić information content (AvgIpc) is 3.68. The standard InChI is InChI=1S/C52H98N16O3S5/c1-55-21-25-63(26-22-55)51(65-33-41-72-42-34-65)49(59-13-5-3-6-14-59,61-17-9-53-10-18-61)67(47(45-74-51)57-29-37-70-38-30-57)76(69)68-48(58-31-39-71-40-32-58)46-75-52(66-35-43-73-44-36-66,64-27-23-56(2)24-28-64)50(68,60-15-7-4-8-16-60)62-19-11-54-12-20-62/h47-48,53-54H,3-46H2,1-2H3. The molecule has 0 bridgehead atoms. The fourth-order valence-corrected chi connectivity index (χ4v) is 24.2. The van der Waals surface area contributed by atoms with Crippen LogP contribution in [0, 0.1) is 0 Å². The summed E-state index contributed by atoms with van der Waals surface area (Å²) in [4.78, 5) is 33.7. The van der Waals surface area contributed by atoms with Gasteiger partial charge in [-0.2, -0.15) is 32.1 Å². The molecule has 434 valence electrons. The second kappa shape index (κ2) is 26.0. The van der Waals surface area contributed by atoms with Gasteiger partial charge in [0.2, 0.25) is 0 Å². The molecule has 2 N–H and O–H groups in total. The Labute approximate surface area is 477 Å².